The van der Waals surface area contributed by atoms with Gasteiger partial charge in [0.2, 0.25) is 0 Å². The first-order valence-electron chi connectivity index (χ1n) is 12.3. The summed E-state index contributed by atoms with van der Waals surface area (Å²) in [7, 11) is 0. The fraction of sp³-hybridized carbons (Fsp3) is 0.207. The van der Waals surface area contributed by atoms with E-state index in [0.717, 1.165) is 32.7 Å². The molecule has 0 radical (unpaired) electrons. The number of hydrogen-bond acceptors (Lipinski definition) is 6. The second-order valence-corrected chi connectivity index (χ2v) is 10.1. The van der Waals surface area contributed by atoms with E-state index in [9.17, 15) is 14.9 Å². The number of amides is 1. The van der Waals surface area contributed by atoms with Gasteiger partial charge in [0.05, 0.1) is 4.92 Å². The lowest BCUT2D eigenvalue weighted by Gasteiger charge is -2.36. The molecule has 3 aromatic carbocycles. The third kappa shape index (κ3) is 5.57. The Morgan fingerprint density at radius 2 is 1.58 bits per heavy atom. The zero-order valence-electron chi connectivity index (χ0n) is 20.9. The van der Waals surface area contributed by atoms with E-state index in [0.29, 0.717) is 44.0 Å². The molecule has 1 aliphatic heterocycles. The van der Waals surface area contributed by atoms with Gasteiger partial charge in [0.25, 0.3) is 11.6 Å². The van der Waals surface area contributed by atoms with Crippen LogP contribution in [0, 0.1) is 17.0 Å². The van der Waals surface area contributed by atoms with E-state index in [2.05, 4.69) is 20.8 Å². The van der Waals surface area contributed by atoms with Crippen LogP contribution in [0.25, 0.3) is 11.4 Å². The summed E-state index contributed by atoms with van der Waals surface area (Å²) < 4.78 is 0.938. The minimum Gasteiger partial charge on any atom is -0.353 e. The van der Waals surface area contributed by atoms with Crippen LogP contribution >= 0.6 is 15.9 Å². The fourth-order valence-corrected chi connectivity index (χ4v) is 4.87. The normalized spacial score (nSPS) is 13.4. The number of nitro benzene ring substituents is 1. The molecule has 4 aromatic rings. The highest BCUT2D eigenvalue weighted by Gasteiger charge is 2.26. The highest BCUT2D eigenvalue weighted by molar-refractivity contribution is 9.10. The van der Waals surface area contributed by atoms with E-state index in [1.165, 1.54) is 12.1 Å². The van der Waals surface area contributed by atoms with Crippen molar-refractivity contribution in [1.82, 2.24) is 14.9 Å². The number of anilines is 1. The van der Waals surface area contributed by atoms with Gasteiger partial charge in [0.15, 0.2) is 5.82 Å². The third-order valence-electron chi connectivity index (χ3n) is 6.71. The zero-order valence-corrected chi connectivity index (χ0v) is 22.5. The van der Waals surface area contributed by atoms with Crippen LogP contribution in [0.15, 0.2) is 83.3 Å². The number of hydrogen-bond donors (Lipinski definition) is 0. The zero-order chi connectivity index (χ0) is 26.6. The summed E-state index contributed by atoms with van der Waals surface area (Å²) in [5.41, 5.74) is 4.45. The van der Waals surface area contributed by atoms with Crippen LogP contribution in [0.5, 0.6) is 0 Å². The molecule has 0 unspecified atom stereocenters. The second-order valence-electron chi connectivity index (χ2n) is 9.19. The van der Waals surface area contributed by atoms with Crippen LogP contribution in [0.3, 0.4) is 0 Å². The van der Waals surface area contributed by atoms with Gasteiger partial charge in [-0.25, -0.2) is 9.97 Å². The lowest BCUT2D eigenvalue weighted by molar-refractivity contribution is -0.384. The first-order valence-corrected chi connectivity index (χ1v) is 13.1. The van der Waals surface area contributed by atoms with Crippen molar-refractivity contribution in [3.63, 3.8) is 0 Å². The van der Waals surface area contributed by atoms with E-state index in [1.807, 2.05) is 66.4 Å². The molecule has 2 heterocycles. The fourth-order valence-electron chi connectivity index (χ4n) is 4.60. The molecule has 192 valence electrons. The highest BCUT2D eigenvalue weighted by atomic mass is 79.9. The molecule has 1 aromatic heterocycles. The molecule has 0 spiro atoms. The molecule has 1 amide bonds. The summed E-state index contributed by atoms with van der Waals surface area (Å²) in [6.45, 7) is 4.41. The number of halogens is 1. The molecule has 5 rings (SSSR count). The van der Waals surface area contributed by atoms with Gasteiger partial charge in [0.1, 0.15) is 5.82 Å². The van der Waals surface area contributed by atoms with Crippen molar-refractivity contribution in [3.8, 4) is 11.4 Å². The van der Waals surface area contributed by atoms with Gasteiger partial charge >= 0.3 is 0 Å². The average Bonchev–Trinajstić information content (AvgIpc) is 2.95. The lowest BCUT2D eigenvalue weighted by Crippen LogP contribution is -2.49. The monoisotopic (exact) mass is 571 g/mol. The molecule has 1 saturated heterocycles. The van der Waals surface area contributed by atoms with Crippen LogP contribution in [-0.4, -0.2) is 51.9 Å². The minimum absolute atomic E-state index is 0.0205. The van der Waals surface area contributed by atoms with Gasteiger partial charge in [-0.1, -0.05) is 58.4 Å². The van der Waals surface area contributed by atoms with Gasteiger partial charge in [-0.15, -0.1) is 0 Å². The largest absolute Gasteiger partial charge is 0.353 e. The summed E-state index contributed by atoms with van der Waals surface area (Å²) >= 11 is 3.42. The van der Waals surface area contributed by atoms with Crippen LogP contribution in [0.4, 0.5) is 11.5 Å². The van der Waals surface area contributed by atoms with E-state index >= 15 is 0 Å². The van der Waals surface area contributed by atoms with E-state index in [-0.39, 0.29) is 11.6 Å². The smallest absolute Gasteiger partial charge is 0.269 e. The van der Waals surface area contributed by atoms with Crippen molar-refractivity contribution >= 4 is 33.3 Å². The molecule has 0 N–H and O–H groups in total. The molecule has 38 heavy (non-hydrogen) atoms. The Morgan fingerprint density at radius 3 is 2.21 bits per heavy atom. The topological polar surface area (TPSA) is 92.5 Å². The molecule has 0 aliphatic carbocycles. The number of carbonyl (C=O) groups excluding carboxylic acids is 1. The van der Waals surface area contributed by atoms with Crippen molar-refractivity contribution < 1.29 is 9.72 Å². The third-order valence-corrected chi connectivity index (χ3v) is 7.24. The summed E-state index contributed by atoms with van der Waals surface area (Å²) in [6.07, 6.45) is 0.548. The van der Waals surface area contributed by atoms with Gasteiger partial charge < -0.3 is 9.80 Å². The maximum Gasteiger partial charge on any atom is 0.269 e. The standard InChI is InChI=1S/C29H26BrN5O3/c1-20-26(19-21-7-13-25(14-8-21)35(37)38)28(32-27(31-20)22-5-3-2-4-6-22)33-15-17-34(18-16-33)29(36)23-9-11-24(30)12-10-23/h2-14H,15-19H2,1H3. The maximum atomic E-state index is 13.0. The Labute approximate surface area is 229 Å². The molecule has 0 atom stereocenters. The molecule has 1 aliphatic rings. The lowest BCUT2D eigenvalue weighted by atomic mass is 10.0. The van der Waals surface area contributed by atoms with Crippen molar-refractivity contribution in [2.75, 3.05) is 31.1 Å². The van der Waals surface area contributed by atoms with Crippen LogP contribution in [-0.2, 0) is 6.42 Å². The number of rotatable bonds is 6. The highest BCUT2D eigenvalue weighted by Crippen LogP contribution is 2.29. The minimum atomic E-state index is -0.396. The quantitative estimate of drug-likeness (QED) is 0.218. The molecule has 0 bridgehead atoms. The molecule has 8 nitrogen and oxygen atoms in total. The van der Waals surface area contributed by atoms with Gasteiger partial charge in [-0.2, -0.15) is 0 Å². The second kappa shape index (κ2) is 11.1. The number of nitrogens with zero attached hydrogens (tertiary/aromatic N) is 5. The van der Waals surface area contributed by atoms with Crippen molar-refractivity contribution in [2.24, 2.45) is 0 Å². The average molecular weight is 572 g/mol. The summed E-state index contributed by atoms with van der Waals surface area (Å²) in [6, 6.07) is 23.9. The SMILES string of the molecule is Cc1nc(-c2ccccc2)nc(N2CCN(C(=O)c3ccc(Br)cc3)CC2)c1Cc1ccc([N+](=O)[O-])cc1. The van der Waals surface area contributed by atoms with E-state index in [4.69, 9.17) is 9.97 Å². The summed E-state index contributed by atoms with van der Waals surface area (Å²) in [5, 5.41) is 11.1. The predicted octanol–water partition coefficient (Wildman–Crippen LogP) is 5.68. The summed E-state index contributed by atoms with van der Waals surface area (Å²) in [4.78, 5) is 37.7. The van der Waals surface area contributed by atoms with Gasteiger partial charge in [-0.3, -0.25) is 14.9 Å². The van der Waals surface area contributed by atoms with Gasteiger partial charge in [-0.05, 0) is 36.8 Å². The number of non-ortho nitro benzene ring substituents is 1. The number of piperazine rings is 1. The number of nitro groups is 1. The Hall–Kier alpha value is -4.11. The molecule has 1 fully saturated rings. The predicted molar refractivity (Wildman–Crippen MR) is 150 cm³/mol. The Bertz CT molecular complexity index is 1450. The summed E-state index contributed by atoms with van der Waals surface area (Å²) in [5.74, 6) is 1.51. The van der Waals surface area contributed by atoms with Crippen molar-refractivity contribution in [1.29, 1.82) is 0 Å². The van der Waals surface area contributed by atoms with Crippen LogP contribution in [0.1, 0.15) is 27.2 Å². The van der Waals surface area contributed by atoms with Gasteiger partial charge in [0, 0.05) is 71.6 Å². The number of benzene rings is 3. The first-order chi connectivity index (χ1) is 18.4. The number of aromatic nitrogens is 2. The first kappa shape index (κ1) is 25.5. The van der Waals surface area contributed by atoms with Crippen molar-refractivity contribution in [3.05, 3.63) is 116 Å². The Morgan fingerprint density at radius 1 is 0.921 bits per heavy atom. The van der Waals surface area contributed by atoms with E-state index < -0.39 is 4.92 Å². The van der Waals surface area contributed by atoms with E-state index in [1.54, 1.807) is 12.1 Å². The van der Waals surface area contributed by atoms with Crippen LogP contribution < -0.4 is 4.90 Å². The van der Waals surface area contributed by atoms with Crippen molar-refractivity contribution in [2.45, 2.75) is 13.3 Å². The maximum absolute atomic E-state index is 13.0. The Balaban J connectivity index is 1.43. The van der Waals surface area contributed by atoms with Crippen LogP contribution in [0.2, 0.25) is 0 Å². The number of aryl methyl sites for hydroxylation is 1. The molecule has 9 heteroatoms. The Kier molecular flexibility index (Phi) is 7.46. The molecular formula is C29H26BrN5O3. The number of carbonyl (C=O) groups is 1. The molecule has 0 saturated carbocycles. The molecular weight excluding hydrogens is 546 g/mol.